The summed E-state index contributed by atoms with van der Waals surface area (Å²) in [5.41, 5.74) is 5.64. The molecule has 8 nitrogen and oxygen atoms in total. The Morgan fingerprint density at radius 3 is 2.67 bits per heavy atom. The van der Waals surface area contributed by atoms with E-state index in [-0.39, 0.29) is 12.1 Å². The minimum absolute atomic E-state index is 0.0756. The van der Waals surface area contributed by atoms with Gasteiger partial charge < -0.3 is 15.0 Å². The molecule has 2 aromatic rings. The molecular weight excluding hydrogens is 238 g/mol. The number of rotatable bonds is 2. The van der Waals surface area contributed by atoms with Crippen LogP contribution in [0.3, 0.4) is 0 Å². The number of aryl methyl sites for hydroxylation is 1. The van der Waals surface area contributed by atoms with Crippen LogP contribution < -0.4 is 17.0 Å². The third-order valence-corrected chi connectivity index (χ3v) is 3.17. The van der Waals surface area contributed by atoms with Crippen molar-refractivity contribution < 1.29 is 4.74 Å². The number of epoxide rings is 1. The Hall–Kier alpha value is -2.09. The minimum Gasteiger partial charge on any atom is -0.371 e. The molecule has 0 amide bonds. The Bertz CT molecular complexity index is 749. The lowest BCUT2D eigenvalue weighted by Crippen LogP contribution is -2.37. The van der Waals surface area contributed by atoms with Gasteiger partial charge in [0.2, 0.25) is 5.95 Å². The molecular formula is C10H13N5O3. The van der Waals surface area contributed by atoms with Gasteiger partial charge >= 0.3 is 5.69 Å². The molecule has 0 aromatic carbocycles. The Balaban J connectivity index is 2.40. The van der Waals surface area contributed by atoms with Crippen LogP contribution in [0.2, 0.25) is 0 Å². The lowest BCUT2D eigenvalue weighted by molar-refractivity contribution is 0.386. The first-order valence-corrected chi connectivity index (χ1v) is 5.54. The predicted octanol–water partition coefficient (Wildman–Crippen LogP) is -1.59. The van der Waals surface area contributed by atoms with Gasteiger partial charge in [-0.2, -0.15) is 4.98 Å². The number of hydrogen-bond acceptors (Lipinski definition) is 5. The number of imidazole rings is 1. The highest BCUT2D eigenvalue weighted by molar-refractivity contribution is 5.73. The van der Waals surface area contributed by atoms with E-state index in [9.17, 15) is 9.59 Å². The summed E-state index contributed by atoms with van der Waals surface area (Å²) in [4.78, 5) is 28.0. The molecule has 0 bridgehead atoms. The Kier molecular flexibility index (Phi) is 2.11. The second-order valence-corrected chi connectivity index (χ2v) is 4.41. The molecule has 96 valence electrons. The first-order valence-electron chi connectivity index (χ1n) is 5.54. The van der Waals surface area contributed by atoms with Crippen molar-refractivity contribution in [1.29, 1.82) is 0 Å². The maximum Gasteiger partial charge on any atom is 0.332 e. The van der Waals surface area contributed by atoms with Gasteiger partial charge in [0.1, 0.15) is 0 Å². The maximum absolute atomic E-state index is 12.1. The third-order valence-electron chi connectivity index (χ3n) is 3.17. The third kappa shape index (κ3) is 1.39. The summed E-state index contributed by atoms with van der Waals surface area (Å²) in [6, 6.07) is 0. The van der Waals surface area contributed by atoms with Crippen LogP contribution in [0.1, 0.15) is 0 Å². The van der Waals surface area contributed by atoms with Crippen LogP contribution in [0.4, 0.5) is 5.95 Å². The largest absolute Gasteiger partial charge is 0.371 e. The highest BCUT2D eigenvalue weighted by atomic mass is 16.6. The molecule has 1 aliphatic heterocycles. The van der Waals surface area contributed by atoms with E-state index < -0.39 is 11.2 Å². The van der Waals surface area contributed by atoms with Gasteiger partial charge in [0.25, 0.3) is 5.56 Å². The summed E-state index contributed by atoms with van der Waals surface area (Å²) in [6.45, 7) is 1.14. The summed E-state index contributed by atoms with van der Waals surface area (Å²) >= 11 is 0. The fourth-order valence-electron chi connectivity index (χ4n) is 2.03. The van der Waals surface area contributed by atoms with E-state index in [1.54, 1.807) is 11.6 Å². The first-order chi connectivity index (χ1) is 8.50. The molecule has 18 heavy (non-hydrogen) atoms. The SMILES string of the molecule is Cn1c(=O)c2c(nc(N)n2CC2CO2)n(C)c1=O. The van der Waals surface area contributed by atoms with Gasteiger partial charge in [0.15, 0.2) is 11.2 Å². The molecule has 0 radical (unpaired) electrons. The van der Waals surface area contributed by atoms with Crippen molar-refractivity contribution in [1.82, 2.24) is 18.7 Å². The van der Waals surface area contributed by atoms with Gasteiger partial charge in [-0.3, -0.25) is 13.9 Å². The molecule has 3 rings (SSSR count). The Morgan fingerprint density at radius 2 is 2.06 bits per heavy atom. The molecule has 2 N–H and O–H groups in total. The summed E-state index contributed by atoms with van der Waals surface area (Å²) in [5, 5.41) is 0. The molecule has 0 saturated carbocycles. The number of anilines is 1. The number of ether oxygens (including phenoxy) is 1. The second kappa shape index (κ2) is 3.45. The van der Waals surface area contributed by atoms with Gasteiger partial charge in [-0.25, -0.2) is 4.79 Å². The van der Waals surface area contributed by atoms with Crippen LogP contribution >= 0.6 is 0 Å². The van der Waals surface area contributed by atoms with E-state index in [1.807, 2.05) is 0 Å². The van der Waals surface area contributed by atoms with Crippen LogP contribution in [-0.4, -0.2) is 31.4 Å². The quantitative estimate of drug-likeness (QED) is 0.649. The Morgan fingerprint density at radius 1 is 1.39 bits per heavy atom. The van der Waals surface area contributed by atoms with E-state index in [4.69, 9.17) is 10.5 Å². The van der Waals surface area contributed by atoms with Crippen LogP contribution in [0.15, 0.2) is 9.59 Å². The van der Waals surface area contributed by atoms with E-state index in [1.165, 1.54) is 11.6 Å². The number of nitrogen functional groups attached to an aromatic ring is 1. The van der Waals surface area contributed by atoms with Gasteiger partial charge in [-0.1, -0.05) is 0 Å². The fraction of sp³-hybridized carbons (Fsp3) is 0.500. The lowest BCUT2D eigenvalue weighted by atomic mass is 10.4. The van der Waals surface area contributed by atoms with Crippen molar-refractivity contribution in [2.45, 2.75) is 12.6 Å². The van der Waals surface area contributed by atoms with E-state index in [2.05, 4.69) is 4.98 Å². The number of nitrogens with two attached hydrogens (primary N) is 1. The van der Waals surface area contributed by atoms with Gasteiger partial charge in [-0.05, 0) is 0 Å². The summed E-state index contributed by atoms with van der Waals surface area (Å²) < 4.78 is 9.10. The molecule has 1 fully saturated rings. The number of hydrogen-bond donors (Lipinski definition) is 1. The monoisotopic (exact) mass is 251 g/mol. The van der Waals surface area contributed by atoms with Crippen LogP contribution in [0.25, 0.3) is 11.2 Å². The molecule has 0 aliphatic carbocycles. The van der Waals surface area contributed by atoms with Crippen molar-refractivity contribution in [3.05, 3.63) is 20.8 Å². The lowest BCUT2D eigenvalue weighted by Gasteiger charge is -2.05. The van der Waals surface area contributed by atoms with Crippen molar-refractivity contribution in [2.24, 2.45) is 14.1 Å². The Labute approximate surface area is 101 Å². The predicted molar refractivity (Wildman–Crippen MR) is 64.4 cm³/mol. The average molecular weight is 251 g/mol. The summed E-state index contributed by atoms with van der Waals surface area (Å²) in [7, 11) is 3.00. The maximum atomic E-state index is 12.1. The molecule has 1 atom stereocenters. The second-order valence-electron chi connectivity index (χ2n) is 4.41. The van der Waals surface area contributed by atoms with E-state index >= 15 is 0 Å². The molecule has 0 spiro atoms. The smallest absolute Gasteiger partial charge is 0.332 e. The summed E-state index contributed by atoms with van der Waals surface area (Å²) in [5.74, 6) is 0.221. The molecule has 2 aromatic heterocycles. The zero-order valence-corrected chi connectivity index (χ0v) is 10.1. The van der Waals surface area contributed by atoms with Gasteiger partial charge in [0, 0.05) is 14.1 Å². The van der Waals surface area contributed by atoms with E-state index in [0.29, 0.717) is 24.3 Å². The normalized spacial score (nSPS) is 18.4. The highest BCUT2D eigenvalue weighted by Crippen LogP contribution is 2.18. The van der Waals surface area contributed by atoms with Crippen molar-refractivity contribution >= 4 is 17.1 Å². The summed E-state index contributed by atoms with van der Waals surface area (Å²) in [6.07, 6.45) is 0.0756. The minimum atomic E-state index is -0.417. The molecule has 3 heterocycles. The average Bonchev–Trinajstić information content (AvgIpc) is 3.09. The van der Waals surface area contributed by atoms with Crippen molar-refractivity contribution in [2.75, 3.05) is 12.3 Å². The molecule has 1 unspecified atom stereocenters. The standard InChI is InChI=1S/C10H13N5O3/c1-13-7-6(8(16)14(2)10(13)17)15(9(11)12-7)3-5-4-18-5/h5H,3-4H2,1-2H3,(H2,11,12). The van der Waals surface area contributed by atoms with Crippen LogP contribution in [0, 0.1) is 0 Å². The van der Waals surface area contributed by atoms with Gasteiger partial charge in [-0.15, -0.1) is 0 Å². The molecule has 8 heteroatoms. The molecule has 1 saturated heterocycles. The fourth-order valence-corrected chi connectivity index (χ4v) is 2.03. The first kappa shape index (κ1) is 11.0. The zero-order chi connectivity index (χ0) is 13.0. The molecule has 1 aliphatic rings. The van der Waals surface area contributed by atoms with E-state index in [0.717, 1.165) is 4.57 Å². The topological polar surface area (TPSA) is 100 Å². The van der Waals surface area contributed by atoms with Gasteiger partial charge in [0.05, 0.1) is 19.3 Å². The van der Waals surface area contributed by atoms with Crippen molar-refractivity contribution in [3.63, 3.8) is 0 Å². The number of fused-ring (bicyclic) bond motifs is 1. The number of aromatic nitrogens is 4. The number of nitrogens with zero attached hydrogens (tertiary/aromatic N) is 4. The van der Waals surface area contributed by atoms with Crippen LogP contribution in [-0.2, 0) is 25.4 Å². The van der Waals surface area contributed by atoms with Crippen molar-refractivity contribution in [3.8, 4) is 0 Å². The zero-order valence-electron chi connectivity index (χ0n) is 10.1. The van der Waals surface area contributed by atoms with Crippen LogP contribution in [0.5, 0.6) is 0 Å². The highest BCUT2D eigenvalue weighted by Gasteiger charge is 2.26.